The predicted molar refractivity (Wildman–Crippen MR) is 208 cm³/mol. The van der Waals surface area contributed by atoms with Crippen LogP contribution in [0.4, 0.5) is 4.79 Å². The highest BCUT2D eigenvalue weighted by atomic mass is 16.5. The molecule has 55 heavy (non-hydrogen) atoms. The number of aromatic nitrogens is 4. The third-order valence-electron chi connectivity index (χ3n) is 12.7. The molecule has 4 aromatic rings. The van der Waals surface area contributed by atoms with E-state index in [9.17, 15) is 14.4 Å². The van der Waals surface area contributed by atoms with Crippen molar-refractivity contribution in [2.45, 2.75) is 109 Å². The monoisotopic (exact) mass is 747 g/mol. The third kappa shape index (κ3) is 6.78. The number of ether oxygens (including phenoxy) is 2. The summed E-state index contributed by atoms with van der Waals surface area (Å²) in [6.45, 7) is 9.67. The lowest BCUT2D eigenvalue weighted by Gasteiger charge is -2.31. The smallest absolute Gasteiger partial charge is 0.407 e. The Kier molecular flexibility index (Phi) is 9.94. The molecule has 3 fully saturated rings. The fraction of sp³-hybridized carbons (Fsp3) is 0.512. The topological polar surface area (TPSA) is 146 Å². The predicted octanol–water partition coefficient (Wildman–Crippen LogP) is 8.19. The van der Waals surface area contributed by atoms with Crippen LogP contribution in [0.3, 0.4) is 0 Å². The second-order valence-electron chi connectivity index (χ2n) is 16.1. The molecule has 1 aliphatic carbocycles. The Bertz CT molecular complexity index is 2080. The number of benzene rings is 2. The number of rotatable bonds is 11. The Balaban J connectivity index is 0.997. The Morgan fingerprint density at radius 1 is 0.873 bits per heavy atom. The van der Waals surface area contributed by atoms with E-state index in [1.54, 1.807) is 0 Å². The van der Waals surface area contributed by atoms with E-state index in [0.717, 1.165) is 109 Å². The average molecular weight is 748 g/mol. The summed E-state index contributed by atoms with van der Waals surface area (Å²) in [5.74, 6) is 3.69. The first-order valence-corrected chi connectivity index (χ1v) is 20.2. The van der Waals surface area contributed by atoms with Crippen LogP contribution < -0.4 is 10.1 Å². The van der Waals surface area contributed by atoms with Crippen molar-refractivity contribution in [3.63, 3.8) is 0 Å². The van der Waals surface area contributed by atoms with Gasteiger partial charge in [-0.25, -0.2) is 14.8 Å². The Labute approximate surface area is 322 Å². The van der Waals surface area contributed by atoms with Gasteiger partial charge in [0, 0.05) is 47.2 Å². The minimum absolute atomic E-state index is 0.0321. The maximum atomic E-state index is 13.8. The van der Waals surface area contributed by atoms with Crippen molar-refractivity contribution in [3.05, 3.63) is 71.3 Å². The van der Waals surface area contributed by atoms with Crippen LogP contribution in [-0.4, -0.2) is 73.9 Å². The van der Waals surface area contributed by atoms with Crippen molar-refractivity contribution in [1.29, 1.82) is 0 Å². The van der Waals surface area contributed by atoms with Crippen molar-refractivity contribution < 1.29 is 23.9 Å². The van der Waals surface area contributed by atoms with Gasteiger partial charge in [-0.2, -0.15) is 0 Å². The van der Waals surface area contributed by atoms with Gasteiger partial charge in [-0.3, -0.25) is 9.59 Å². The molecule has 8 rings (SSSR count). The van der Waals surface area contributed by atoms with Crippen LogP contribution in [0.25, 0.3) is 22.8 Å². The van der Waals surface area contributed by atoms with Gasteiger partial charge in [0.05, 0.1) is 43.0 Å². The van der Waals surface area contributed by atoms with Crippen molar-refractivity contribution in [2.24, 2.45) is 11.8 Å². The van der Waals surface area contributed by atoms with Crippen LogP contribution in [0.2, 0.25) is 0 Å². The number of H-pyrrole nitrogens is 2. The number of hydrogen-bond donors (Lipinski definition) is 3. The summed E-state index contributed by atoms with van der Waals surface area (Å²) < 4.78 is 11.4. The summed E-state index contributed by atoms with van der Waals surface area (Å²) in [5.41, 5.74) is 6.02. The van der Waals surface area contributed by atoms with E-state index in [-0.39, 0.29) is 35.2 Å². The van der Waals surface area contributed by atoms with Crippen molar-refractivity contribution >= 4 is 17.9 Å². The number of aromatic amines is 2. The van der Waals surface area contributed by atoms with Gasteiger partial charge in [-0.05, 0) is 74.6 Å². The number of nitrogens with one attached hydrogen (secondary N) is 3. The van der Waals surface area contributed by atoms with E-state index in [1.807, 2.05) is 48.2 Å². The molecule has 2 aromatic carbocycles. The maximum absolute atomic E-state index is 13.8. The molecule has 0 bridgehead atoms. The number of amides is 3. The van der Waals surface area contributed by atoms with Crippen LogP contribution in [0, 0.1) is 11.8 Å². The number of alkyl carbamates (subject to hydrolysis) is 1. The van der Waals surface area contributed by atoms with Crippen LogP contribution in [-0.2, 0) is 19.7 Å². The second-order valence-corrected chi connectivity index (χ2v) is 16.1. The molecule has 5 atom stereocenters. The van der Waals surface area contributed by atoms with Gasteiger partial charge >= 0.3 is 6.09 Å². The molecule has 12 heteroatoms. The summed E-state index contributed by atoms with van der Waals surface area (Å²) in [4.78, 5) is 59.6. The van der Waals surface area contributed by atoms with Gasteiger partial charge < -0.3 is 34.6 Å². The molecular formula is C43H53N7O5. The van der Waals surface area contributed by atoms with Crippen LogP contribution >= 0.6 is 0 Å². The number of carbonyl (C=O) groups excluding carboxylic acids is 3. The first-order valence-electron chi connectivity index (χ1n) is 20.2. The fourth-order valence-corrected chi connectivity index (χ4v) is 8.87. The standard InChI is InChI=1S/C43H53N7O5/c1-6-25(3)20-37(51)49-18-8-10-33(49)31-23-45-40(46-31)28-12-14-29-36(22-28)55-35-15-13-27(21-30(35)43(29)16-17-43)39-44-24-32(47-39)34-11-9-19-50(34)41(52)38(26(4)7-2)48-42(53)54-5/h12-15,21-26,33-34,38H,6-11,16-20H2,1-5H3,(H,44,47)(H,45,46)(H,48,53)/t25-,26-,33-,34-,38-/m0/s1. The molecule has 2 saturated heterocycles. The lowest BCUT2D eigenvalue weighted by atomic mass is 9.83. The molecule has 5 heterocycles. The molecule has 3 aliphatic heterocycles. The minimum Gasteiger partial charge on any atom is -0.457 e. The van der Waals surface area contributed by atoms with E-state index in [2.05, 4.69) is 53.4 Å². The molecule has 0 unspecified atom stereocenters. The summed E-state index contributed by atoms with van der Waals surface area (Å²) in [6.07, 6.45) is 11.2. The van der Waals surface area contributed by atoms with E-state index in [1.165, 1.54) is 12.7 Å². The molecule has 12 nitrogen and oxygen atoms in total. The minimum atomic E-state index is -0.662. The lowest BCUT2D eigenvalue weighted by Crippen LogP contribution is -2.51. The molecule has 3 N–H and O–H groups in total. The van der Waals surface area contributed by atoms with Crippen LogP contribution in [0.5, 0.6) is 11.5 Å². The van der Waals surface area contributed by atoms with Crippen molar-refractivity contribution in [2.75, 3.05) is 20.2 Å². The van der Waals surface area contributed by atoms with Gasteiger partial charge in [0.15, 0.2) is 0 Å². The second kappa shape index (κ2) is 14.8. The summed E-state index contributed by atoms with van der Waals surface area (Å²) in [6, 6.07) is 11.9. The molecule has 1 spiro atoms. The summed E-state index contributed by atoms with van der Waals surface area (Å²) >= 11 is 0. The van der Waals surface area contributed by atoms with Gasteiger partial charge in [0.25, 0.3) is 0 Å². The molecule has 2 aromatic heterocycles. The number of fused-ring (bicyclic) bond motifs is 4. The van der Waals surface area contributed by atoms with Crippen LogP contribution in [0.1, 0.15) is 120 Å². The summed E-state index contributed by atoms with van der Waals surface area (Å²) in [7, 11) is 1.31. The highest BCUT2D eigenvalue weighted by Crippen LogP contribution is 2.62. The van der Waals surface area contributed by atoms with Gasteiger partial charge in [0.2, 0.25) is 11.8 Å². The Hall–Kier alpha value is -5.13. The zero-order valence-corrected chi connectivity index (χ0v) is 32.6. The largest absolute Gasteiger partial charge is 0.457 e. The Morgan fingerprint density at radius 2 is 1.51 bits per heavy atom. The first kappa shape index (κ1) is 36.8. The molecule has 4 aliphatic rings. The van der Waals surface area contributed by atoms with E-state index >= 15 is 0 Å². The SMILES string of the molecule is CC[C@H](C)CC(=O)N1CCC[C@H]1c1cnc(-c2ccc3c(c2)Oc2ccc(-c4ncc([C@@H]5CCCN5C(=O)[C@@H](NC(=O)OC)[C@@H](C)CC)[nH]4)cc2C32CC2)[nH]1. The quantitative estimate of drug-likeness (QED) is 0.140. The number of imidazole rings is 2. The van der Waals surface area contributed by atoms with Gasteiger partial charge in [-0.15, -0.1) is 0 Å². The number of nitrogens with zero attached hydrogens (tertiary/aromatic N) is 4. The molecule has 290 valence electrons. The zero-order valence-electron chi connectivity index (χ0n) is 32.6. The zero-order chi connectivity index (χ0) is 38.4. The van der Waals surface area contributed by atoms with E-state index in [4.69, 9.17) is 19.4 Å². The fourth-order valence-electron chi connectivity index (χ4n) is 8.87. The molecular weight excluding hydrogens is 695 g/mol. The van der Waals surface area contributed by atoms with E-state index in [0.29, 0.717) is 18.9 Å². The Morgan fingerprint density at radius 3 is 2.15 bits per heavy atom. The molecule has 3 amide bonds. The highest BCUT2D eigenvalue weighted by Gasteiger charge is 2.52. The first-order chi connectivity index (χ1) is 26.6. The highest BCUT2D eigenvalue weighted by molar-refractivity contribution is 5.86. The van der Waals surface area contributed by atoms with Crippen LogP contribution in [0.15, 0.2) is 48.8 Å². The molecule has 0 radical (unpaired) electrons. The van der Waals surface area contributed by atoms with Gasteiger partial charge in [0.1, 0.15) is 29.2 Å². The third-order valence-corrected chi connectivity index (χ3v) is 12.7. The number of methoxy groups -OCH3 is 1. The number of carbonyl (C=O) groups is 3. The summed E-state index contributed by atoms with van der Waals surface area (Å²) in [5, 5.41) is 2.77. The molecule has 1 saturated carbocycles. The van der Waals surface area contributed by atoms with E-state index < -0.39 is 12.1 Å². The van der Waals surface area contributed by atoms with Crippen molar-refractivity contribution in [1.82, 2.24) is 35.1 Å². The van der Waals surface area contributed by atoms with Gasteiger partial charge in [-0.1, -0.05) is 52.7 Å². The lowest BCUT2D eigenvalue weighted by molar-refractivity contribution is -0.135. The maximum Gasteiger partial charge on any atom is 0.407 e. The number of hydrogen-bond acceptors (Lipinski definition) is 7. The normalized spacial score (nSPS) is 21.0. The van der Waals surface area contributed by atoms with Crippen molar-refractivity contribution in [3.8, 4) is 34.3 Å². The number of likely N-dealkylation sites (tertiary alicyclic amines) is 2. The average Bonchev–Trinajstić information content (AvgIpc) is 3.77.